The fourth-order valence-corrected chi connectivity index (χ4v) is 1.95. The van der Waals surface area contributed by atoms with Gasteiger partial charge in [-0.2, -0.15) is 0 Å². The van der Waals surface area contributed by atoms with Gasteiger partial charge in [0, 0.05) is 37.2 Å². The van der Waals surface area contributed by atoms with Crippen molar-refractivity contribution in [3.8, 4) is 0 Å². The Bertz CT molecular complexity index is 616. The first-order valence-corrected chi connectivity index (χ1v) is 5.99. The van der Waals surface area contributed by atoms with Crippen molar-refractivity contribution in [2.45, 2.75) is 6.54 Å². The highest BCUT2D eigenvalue weighted by molar-refractivity contribution is 6.02. The minimum atomic E-state index is -0.437. The Labute approximate surface area is 116 Å². The number of nitrogens with two attached hydrogens (primary N) is 1. The number of amidine groups is 1. The Hall–Kier alpha value is -2.63. The molecule has 0 radical (unpaired) electrons. The summed E-state index contributed by atoms with van der Waals surface area (Å²) in [7, 11) is 1.85. The van der Waals surface area contributed by atoms with Gasteiger partial charge in [-0.05, 0) is 35.9 Å². The van der Waals surface area contributed by atoms with Crippen LogP contribution >= 0.6 is 0 Å². The first-order valence-electron chi connectivity index (χ1n) is 5.99. The number of anilines is 1. The third-order valence-corrected chi connectivity index (χ3v) is 2.92. The van der Waals surface area contributed by atoms with E-state index in [0.29, 0.717) is 17.8 Å². The number of hydrogen-bond acceptors (Lipinski definition) is 4. The van der Waals surface area contributed by atoms with Crippen LogP contribution in [0.4, 0.5) is 10.1 Å². The molecule has 0 aliphatic heterocycles. The summed E-state index contributed by atoms with van der Waals surface area (Å²) in [5, 5.41) is 11.7. The van der Waals surface area contributed by atoms with Gasteiger partial charge in [-0.3, -0.25) is 4.98 Å². The maximum absolute atomic E-state index is 13.3. The molecular formula is C14H15FN4O. The number of aromatic nitrogens is 1. The summed E-state index contributed by atoms with van der Waals surface area (Å²) in [4.78, 5) is 5.85. The highest BCUT2D eigenvalue weighted by atomic mass is 19.1. The van der Waals surface area contributed by atoms with Gasteiger partial charge < -0.3 is 15.8 Å². The maximum Gasteiger partial charge on any atom is 0.172 e. The molecular weight excluding hydrogens is 259 g/mol. The van der Waals surface area contributed by atoms with Gasteiger partial charge in [0.15, 0.2) is 5.84 Å². The molecule has 0 amide bonds. The average Bonchev–Trinajstić information content (AvgIpc) is 2.47. The highest BCUT2D eigenvalue weighted by Crippen LogP contribution is 2.22. The zero-order valence-electron chi connectivity index (χ0n) is 11.0. The molecule has 20 heavy (non-hydrogen) atoms. The third-order valence-electron chi connectivity index (χ3n) is 2.92. The van der Waals surface area contributed by atoms with Gasteiger partial charge >= 0.3 is 0 Å². The zero-order valence-corrected chi connectivity index (χ0v) is 11.0. The lowest BCUT2D eigenvalue weighted by Crippen LogP contribution is -2.22. The van der Waals surface area contributed by atoms with E-state index in [1.165, 1.54) is 12.1 Å². The molecule has 0 fully saturated rings. The molecule has 0 spiro atoms. The number of nitrogens with zero attached hydrogens (tertiary/aromatic N) is 3. The first-order chi connectivity index (χ1) is 9.61. The van der Waals surface area contributed by atoms with Crippen molar-refractivity contribution in [1.82, 2.24) is 4.98 Å². The molecule has 0 aliphatic carbocycles. The molecule has 0 bridgehead atoms. The predicted octanol–water partition coefficient (Wildman–Crippen LogP) is 1.95. The van der Waals surface area contributed by atoms with Gasteiger partial charge in [0.05, 0.1) is 0 Å². The highest BCUT2D eigenvalue weighted by Gasteiger charge is 2.12. The van der Waals surface area contributed by atoms with E-state index in [1.54, 1.807) is 18.5 Å². The quantitative estimate of drug-likeness (QED) is 0.387. The SMILES string of the molecule is CN(Cc1ccncc1)c1ccc(F)cc1C(N)=NO. The van der Waals surface area contributed by atoms with Crippen LogP contribution in [-0.4, -0.2) is 23.1 Å². The number of hydrogen-bond donors (Lipinski definition) is 2. The summed E-state index contributed by atoms with van der Waals surface area (Å²) in [5.41, 5.74) is 7.68. The lowest BCUT2D eigenvalue weighted by molar-refractivity contribution is 0.318. The first kappa shape index (κ1) is 13.8. The van der Waals surface area contributed by atoms with Crippen molar-refractivity contribution in [2.75, 3.05) is 11.9 Å². The third kappa shape index (κ3) is 3.03. The van der Waals surface area contributed by atoms with E-state index in [-0.39, 0.29) is 5.84 Å². The van der Waals surface area contributed by atoms with Gasteiger partial charge in [-0.15, -0.1) is 0 Å². The maximum atomic E-state index is 13.3. The van der Waals surface area contributed by atoms with E-state index in [0.717, 1.165) is 5.56 Å². The monoisotopic (exact) mass is 274 g/mol. The van der Waals surface area contributed by atoms with Crippen LogP contribution in [0.15, 0.2) is 47.9 Å². The molecule has 0 saturated heterocycles. The molecule has 6 heteroatoms. The average molecular weight is 274 g/mol. The summed E-state index contributed by atoms with van der Waals surface area (Å²) in [6, 6.07) is 7.97. The van der Waals surface area contributed by atoms with E-state index in [1.807, 2.05) is 24.1 Å². The Balaban J connectivity index is 2.32. The number of halogens is 1. The lowest BCUT2D eigenvalue weighted by atomic mass is 10.1. The van der Waals surface area contributed by atoms with Crippen LogP contribution in [0.25, 0.3) is 0 Å². The molecule has 2 rings (SSSR count). The second kappa shape index (κ2) is 6.01. The number of oxime groups is 1. The second-order valence-corrected chi connectivity index (χ2v) is 4.36. The Kier molecular flexibility index (Phi) is 4.14. The fourth-order valence-electron chi connectivity index (χ4n) is 1.95. The van der Waals surface area contributed by atoms with Gasteiger partial charge in [-0.1, -0.05) is 5.16 Å². The van der Waals surface area contributed by atoms with E-state index >= 15 is 0 Å². The smallest absolute Gasteiger partial charge is 0.172 e. The summed E-state index contributed by atoms with van der Waals surface area (Å²) in [6.07, 6.45) is 3.41. The van der Waals surface area contributed by atoms with Crippen LogP contribution in [0.2, 0.25) is 0 Å². The van der Waals surface area contributed by atoms with Crippen molar-refractivity contribution in [3.63, 3.8) is 0 Å². The normalized spacial score (nSPS) is 11.4. The van der Waals surface area contributed by atoms with Crippen LogP contribution < -0.4 is 10.6 Å². The van der Waals surface area contributed by atoms with Crippen LogP contribution in [0.1, 0.15) is 11.1 Å². The van der Waals surface area contributed by atoms with Crippen molar-refractivity contribution in [1.29, 1.82) is 0 Å². The van der Waals surface area contributed by atoms with Crippen LogP contribution in [0, 0.1) is 5.82 Å². The fraction of sp³-hybridized carbons (Fsp3) is 0.143. The van der Waals surface area contributed by atoms with Crippen LogP contribution in [-0.2, 0) is 6.54 Å². The molecule has 1 aromatic heterocycles. The molecule has 5 nitrogen and oxygen atoms in total. The van der Waals surface area contributed by atoms with E-state index < -0.39 is 5.82 Å². The Morgan fingerprint density at radius 1 is 1.35 bits per heavy atom. The van der Waals surface area contributed by atoms with Gasteiger partial charge in [0.25, 0.3) is 0 Å². The molecule has 0 aliphatic rings. The molecule has 0 atom stereocenters. The molecule has 0 saturated carbocycles. The van der Waals surface area contributed by atoms with E-state index in [2.05, 4.69) is 10.1 Å². The van der Waals surface area contributed by atoms with Gasteiger partial charge in [-0.25, -0.2) is 4.39 Å². The van der Waals surface area contributed by atoms with Crippen LogP contribution in [0.5, 0.6) is 0 Å². The van der Waals surface area contributed by atoms with E-state index in [4.69, 9.17) is 10.9 Å². The van der Waals surface area contributed by atoms with E-state index in [9.17, 15) is 4.39 Å². The second-order valence-electron chi connectivity index (χ2n) is 4.36. The minimum absolute atomic E-state index is 0.124. The standard InChI is InChI=1S/C14H15FN4O/c1-19(9-10-4-6-17-7-5-10)13-3-2-11(15)8-12(13)14(16)18-20/h2-8,20H,9H2,1H3,(H2,16,18). The van der Waals surface area contributed by atoms with Gasteiger partial charge in [0.2, 0.25) is 0 Å². The van der Waals surface area contributed by atoms with Crippen LogP contribution in [0.3, 0.4) is 0 Å². The summed E-state index contributed by atoms with van der Waals surface area (Å²) in [5.74, 6) is -0.561. The molecule has 1 heterocycles. The Morgan fingerprint density at radius 3 is 2.70 bits per heavy atom. The van der Waals surface area contributed by atoms with Crippen molar-refractivity contribution >= 4 is 11.5 Å². The summed E-state index contributed by atoms with van der Waals surface area (Å²) >= 11 is 0. The summed E-state index contributed by atoms with van der Waals surface area (Å²) < 4.78 is 13.3. The lowest BCUT2D eigenvalue weighted by Gasteiger charge is -2.22. The van der Waals surface area contributed by atoms with Crippen molar-refractivity contribution in [3.05, 3.63) is 59.7 Å². The topological polar surface area (TPSA) is 74.7 Å². The molecule has 3 N–H and O–H groups in total. The van der Waals surface area contributed by atoms with Crippen molar-refractivity contribution < 1.29 is 9.60 Å². The number of rotatable bonds is 4. The summed E-state index contributed by atoms with van der Waals surface area (Å²) in [6.45, 7) is 0.597. The molecule has 2 aromatic rings. The number of benzene rings is 1. The molecule has 0 unspecified atom stereocenters. The van der Waals surface area contributed by atoms with Crippen molar-refractivity contribution in [2.24, 2.45) is 10.9 Å². The molecule has 104 valence electrons. The largest absolute Gasteiger partial charge is 0.409 e. The van der Waals surface area contributed by atoms with Gasteiger partial charge in [0.1, 0.15) is 5.82 Å². The number of pyridine rings is 1. The Morgan fingerprint density at radius 2 is 2.05 bits per heavy atom. The minimum Gasteiger partial charge on any atom is -0.409 e. The predicted molar refractivity (Wildman–Crippen MR) is 75.3 cm³/mol. The molecule has 1 aromatic carbocycles. The zero-order chi connectivity index (χ0) is 14.5.